The second-order valence-electron chi connectivity index (χ2n) is 5.36. The average molecular weight is 276 g/mol. The molecule has 0 amide bonds. The largest absolute Gasteiger partial charge is 0.299 e. The average Bonchev–Trinajstić information content (AvgIpc) is 2.85. The van der Waals surface area contributed by atoms with Crippen LogP contribution in [0, 0.1) is 5.92 Å². The third-order valence-electron chi connectivity index (χ3n) is 3.97. The van der Waals surface area contributed by atoms with Gasteiger partial charge in [0.1, 0.15) is 16.9 Å². The van der Waals surface area contributed by atoms with E-state index in [0.717, 1.165) is 17.5 Å². The molecule has 2 aromatic rings. The number of likely N-dealkylation sites (tertiary alicyclic amines) is 1. The number of nitrogens with zero attached hydrogens (tertiary/aromatic N) is 4. The van der Waals surface area contributed by atoms with Gasteiger partial charge in [0.15, 0.2) is 0 Å². The Hall–Kier alpha value is -1.07. The van der Waals surface area contributed by atoms with Crippen molar-refractivity contribution in [3.05, 3.63) is 24.2 Å². The predicted octanol–water partition coefficient (Wildman–Crippen LogP) is 2.68. The zero-order valence-electron chi connectivity index (χ0n) is 11.5. The van der Waals surface area contributed by atoms with Crippen LogP contribution < -0.4 is 0 Å². The Balaban J connectivity index is 1.85. The Morgan fingerprint density at radius 2 is 2.16 bits per heavy atom. The van der Waals surface area contributed by atoms with Crippen molar-refractivity contribution in [2.45, 2.75) is 31.3 Å². The maximum Gasteiger partial charge on any atom is 0.137 e. The Morgan fingerprint density at radius 1 is 1.37 bits per heavy atom. The summed E-state index contributed by atoms with van der Waals surface area (Å²) in [6, 6.07) is 2.18. The summed E-state index contributed by atoms with van der Waals surface area (Å²) in [6.07, 6.45) is 8.38. The van der Waals surface area contributed by atoms with Gasteiger partial charge >= 0.3 is 0 Å². The predicted molar refractivity (Wildman–Crippen MR) is 78.4 cm³/mol. The highest BCUT2D eigenvalue weighted by Gasteiger charge is 2.18. The summed E-state index contributed by atoms with van der Waals surface area (Å²) in [5.74, 6) is 0.882. The van der Waals surface area contributed by atoms with Gasteiger partial charge in [-0.1, -0.05) is 6.92 Å². The SMILES string of the molecule is CSc1ncnn2ccc(CN3CCC(C)CC3)c12. The van der Waals surface area contributed by atoms with Gasteiger partial charge in [-0.3, -0.25) is 4.90 Å². The molecule has 5 heteroatoms. The highest BCUT2D eigenvalue weighted by Crippen LogP contribution is 2.25. The topological polar surface area (TPSA) is 33.4 Å². The molecular formula is C14H20N4S. The summed E-state index contributed by atoms with van der Waals surface area (Å²) in [4.78, 5) is 6.92. The number of fused-ring (bicyclic) bond motifs is 1. The minimum atomic E-state index is 0.882. The lowest BCUT2D eigenvalue weighted by atomic mass is 9.99. The molecule has 0 aromatic carbocycles. The van der Waals surface area contributed by atoms with E-state index in [-0.39, 0.29) is 0 Å². The molecular weight excluding hydrogens is 256 g/mol. The van der Waals surface area contributed by atoms with Gasteiger partial charge in [0, 0.05) is 12.7 Å². The lowest BCUT2D eigenvalue weighted by Gasteiger charge is -2.30. The second-order valence-corrected chi connectivity index (χ2v) is 6.16. The van der Waals surface area contributed by atoms with Gasteiger partial charge in [-0.25, -0.2) is 9.50 Å². The lowest BCUT2D eigenvalue weighted by Crippen LogP contribution is -2.32. The minimum absolute atomic E-state index is 0.882. The van der Waals surface area contributed by atoms with E-state index in [1.807, 2.05) is 10.7 Å². The van der Waals surface area contributed by atoms with E-state index in [2.05, 4.69) is 34.2 Å². The van der Waals surface area contributed by atoms with Crippen LogP contribution >= 0.6 is 11.8 Å². The van der Waals surface area contributed by atoms with Crippen molar-refractivity contribution >= 4 is 17.3 Å². The maximum absolute atomic E-state index is 4.38. The van der Waals surface area contributed by atoms with E-state index in [1.54, 1.807) is 18.1 Å². The van der Waals surface area contributed by atoms with Gasteiger partial charge in [0.2, 0.25) is 0 Å². The number of rotatable bonds is 3. The van der Waals surface area contributed by atoms with Crippen molar-refractivity contribution in [1.82, 2.24) is 19.5 Å². The van der Waals surface area contributed by atoms with Crippen LogP contribution in [0.4, 0.5) is 0 Å². The van der Waals surface area contributed by atoms with E-state index in [9.17, 15) is 0 Å². The van der Waals surface area contributed by atoms with Crippen LogP contribution in [0.2, 0.25) is 0 Å². The van der Waals surface area contributed by atoms with Crippen molar-refractivity contribution in [1.29, 1.82) is 0 Å². The van der Waals surface area contributed by atoms with Crippen molar-refractivity contribution in [3.8, 4) is 0 Å². The van der Waals surface area contributed by atoms with Gasteiger partial charge < -0.3 is 0 Å². The molecule has 1 aliphatic heterocycles. The van der Waals surface area contributed by atoms with Crippen molar-refractivity contribution in [3.63, 3.8) is 0 Å². The van der Waals surface area contributed by atoms with Crippen molar-refractivity contribution < 1.29 is 0 Å². The highest BCUT2D eigenvalue weighted by molar-refractivity contribution is 7.98. The van der Waals surface area contributed by atoms with Gasteiger partial charge in [0.05, 0.1) is 0 Å². The van der Waals surface area contributed by atoms with Crippen LogP contribution in [0.5, 0.6) is 0 Å². The molecule has 0 radical (unpaired) electrons. The first-order valence-corrected chi connectivity index (χ1v) is 8.08. The molecule has 2 aromatic heterocycles. The number of thioether (sulfide) groups is 1. The standard InChI is InChI=1S/C14H20N4S/c1-11-3-6-17(7-4-11)9-12-5-8-18-13(12)14(19-2)15-10-16-18/h5,8,10-11H,3-4,6-7,9H2,1-2H3. The Kier molecular flexibility index (Phi) is 3.75. The third-order valence-corrected chi connectivity index (χ3v) is 4.65. The van der Waals surface area contributed by atoms with E-state index in [4.69, 9.17) is 0 Å². The first-order valence-electron chi connectivity index (χ1n) is 6.85. The summed E-state index contributed by atoms with van der Waals surface area (Å²) in [5.41, 5.74) is 2.52. The zero-order chi connectivity index (χ0) is 13.2. The molecule has 0 saturated carbocycles. The molecule has 1 fully saturated rings. The smallest absolute Gasteiger partial charge is 0.137 e. The molecule has 0 spiro atoms. The van der Waals surface area contributed by atoms with Gasteiger partial charge in [-0.05, 0) is 49.7 Å². The van der Waals surface area contributed by atoms with Crippen molar-refractivity contribution in [2.75, 3.05) is 19.3 Å². The third kappa shape index (κ3) is 2.62. The summed E-state index contributed by atoms with van der Waals surface area (Å²) in [6.45, 7) is 5.79. The van der Waals surface area contributed by atoms with Crippen LogP contribution in [-0.4, -0.2) is 38.8 Å². The summed E-state index contributed by atoms with van der Waals surface area (Å²) < 4.78 is 1.95. The second kappa shape index (κ2) is 5.51. The number of aromatic nitrogens is 3. The minimum Gasteiger partial charge on any atom is -0.299 e. The van der Waals surface area contributed by atoms with Crippen LogP contribution in [-0.2, 0) is 6.54 Å². The van der Waals surface area contributed by atoms with Crippen LogP contribution in [0.3, 0.4) is 0 Å². The van der Waals surface area contributed by atoms with E-state index < -0.39 is 0 Å². The molecule has 4 nitrogen and oxygen atoms in total. The van der Waals surface area contributed by atoms with E-state index in [1.165, 1.54) is 37.0 Å². The number of piperidine rings is 1. The van der Waals surface area contributed by atoms with Gasteiger partial charge in [0.25, 0.3) is 0 Å². The van der Waals surface area contributed by atoms with Crippen molar-refractivity contribution in [2.24, 2.45) is 5.92 Å². The summed E-state index contributed by atoms with van der Waals surface area (Å²) >= 11 is 1.69. The van der Waals surface area contributed by atoms with Gasteiger partial charge in [-0.15, -0.1) is 11.8 Å². The molecule has 0 N–H and O–H groups in total. The fraction of sp³-hybridized carbons (Fsp3) is 0.571. The normalized spacial score (nSPS) is 18.2. The molecule has 0 unspecified atom stereocenters. The molecule has 102 valence electrons. The Labute approximate surface area is 118 Å². The summed E-state index contributed by atoms with van der Waals surface area (Å²) in [5, 5.41) is 5.36. The first kappa shape index (κ1) is 12.9. The van der Waals surface area contributed by atoms with E-state index >= 15 is 0 Å². The monoisotopic (exact) mass is 276 g/mol. The van der Waals surface area contributed by atoms with Gasteiger partial charge in [-0.2, -0.15) is 5.10 Å². The first-order chi connectivity index (χ1) is 9.28. The fourth-order valence-corrected chi connectivity index (χ4v) is 3.30. The molecule has 3 heterocycles. The molecule has 1 aliphatic rings. The van der Waals surface area contributed by atoms with Crippen LogP contribution in [0.1, 0.15) is 25.3 Å². The number of hydrogen-bond donors (Lipinski definition) is 0. The Morgan fingerprint density at radius 3 is 2.89 bits per heavy atom. The lowest BCUT2D eigenvalue weighted by molar-refractivity contribution is 0.186. The maximum atomic E-state index is 4.38. The Bertz CT molecular complexity index is 558. The molecule has 0 atom stereocenters. The van der Waals surface area contributed by atoms with E-state index in [0.29, 0.717) is 0 Å². The zero-order valence-corrected chi connectivity index (χ0v) is 12.4. The fourth-order valence-electron chi connectivity index (χ4n) is 2.73. The summed E-state index contributed by atoms with van der Waals surface area (Å²) in [7, 11) is 0. The molecule has 0 aliphatic carbocycles. The highest BCUT2D eigenvalue weighted by atomic mass is 32.2. The number of hydrogen-bond acceptors (Lipinski definition) is 4. The molecule has 1 saturated heterocycles. The molecule has 19 heavy (non-hydrogen) atoms. The molecule has 0 bridgehead atoms. The van der Waals surface area contributed by atoms with Crippen LogP contribution in [0.25, 0.3) is 5.52 Å². The quantitative estimate of drug-likeness (QED) is 0.807. The van der Waals surface area contributed by atoms with Crippen LogP contribution in [0.15, 0.2) is 23.6 Å². The molecule has 3 rings (SSSR count).